The highest BCUT2D eigenvalue weighted by atomic mass is 16.5. The van der Waals surface area contributed by atoms with Gasteiger partial charge >= 0.3 is 11.9 Å². The van der Waals surface area contributed by atoms with Crippen molar-refractivity contribution in [2.45, 2.75) is 26.7 Å². The topological polar surface area (TPSA) is 118 Å². The highest BCUT2D eigenvalue weighted by Crippen LogP contribution is 2.31. The molecule has 2 heterocycles. The molecule has 0 amide bonds. The van der Waals surface area contributed by atoms with E-state index in [2.05, 4.69) is 9.97 Å². The molecule has 0 saturated heterocycles. The summed E-state index contributed by atoms with van der Waals surface area (Å²) in [5.41, 5.74) is 2.42. The van der Waals surface area contributed by atoms with Crippen LogP contribution in [0.4, 0.5) is 0 Å². The van der Waals surface area contributed by atoms with Crippen molar-refractivity contribution in [2.75, 3.05) is 0 Å². The number of rotatable bonds is 6. The van der Waals surface area contributed by atoms with Gasteiger partial charge in [0.05, 0.1) is 22.4 Å². The van der Waals surface area contributed by atoms with E-state index in [1.807, 2.05) is 0 Å². The Balaban J connectivity index is 1.64. The highest BCUT2D eigenvalue weighted by Gasteiger charge is 2.15. The number of benzene rings is 3. The fourth-order valence-corrected chi connectivity index (χ4v) is 4.23. The first-order chi connectivity index (χ1) is 18.4. The van der Waals surface area contributed by atoms with Crippen LogP contribution in [-0.2, 0) is 9.59 Å². The lowest BCUT2D eigenvalue weighted by molar-refractivity contribution is -0.134. The third-order valence-electron chi connectivity index (χ3n) is 6.16. The van der Waals surface area contributed by atoms with E-state index in [0.29, 0.717) is 55.8 Å². The van der Waals surface area contributed by atoms with Crippen LogP contribution in [0.15, 0.2) is 82.4 Å². The number of hydrogen-bond acceptors (Lipinski definition) is 6. The maximum absolute atomic E-state index is 13.2. The van der Waals surface area contributed by atoms with Crippen molar-refractivity contribution in [1.29, 1.82) is 0 Å². The number of esters is 2. The number of hydrogen-bond donors (Lipinski definition) is 2. The standard InChI is InChI=1S/C30H24N2O6/c1-3-29(35)37-27-11-7-5-9-17(27)23-15-25(33)19-14-22-20(13-21(19)31-23)26(34)16-24(32-22)18-10-6-8-12-28(18)38-30(36)4-2/h5-16H,3-4H2,1-2H3,(H,31,33)(H,32,34). The third-order valence-corrected chi connectivity index (χ3v) is 6.16. The molecule has 5 aromatic rings. The number of nitrogens with one attached hydrogen (secondary N) is 2. The van der Waals surface area contributed by atoms with Crippen molar-refractivity contribution in [3.63, 3.8) is 0 Å². The van der Waals surface area contributed by atoms with Crippen LogP contribution in [0, 0.1) is 0 Å². The zero-order chi connectivity index (χ0) is 26.8. The summed E-state index contributed by atoms with van der Waals surface area (Å²) in [7, 11) is 0. The van der Waals surface area contributed by atoms with Gasteiger partial charge in [-0.2, -0.15) is 0 Å². The number of aromatic amines is 2. The van der Waals surface area contributed by atoms with Gasteiger partial charge in [-0.05, 0) is 36.4 Å². The molecule has 190 valence electrons. The summed E-state index contributed by atoms with van der Waals surface area (Å²) in [6, 6.07) is 20.0. The molecule has 0 aliphatic carbocycles. The molecular formula is C30H24N2O6. The molecule has 0 fully saturated rings. The van der Waals surface area contributed by atoms with Crippen LogP contribution in [0.25, 0.3) is 44.3 Å². The van der Waals surface area contributed by atoms with E-state index < -0.39 is 0 Å². The van der Waals surface area contributed by atoms with E-state index in [1.165, 1.54) is 12.1 Å². The maximum Gasteiger partial charge on any atom is 0.310 e. The van der Waals surface area contributed by atoms with E-state index in [-0.39, 0.29) is 35.6 Å². The summed E-state index contributed by atoms with van der Waals surface area (Å²) < 4.78 is 10.9. The predicted octanol–water partition coefficient (Wildman–Crippen LogP) is 5.33. The van der Waals surface area contributed by atoms with Crippen LogP contribution >= 0.6 is 0 Å². The molecule has 8 heteroatoms. The Morgan fingerprint density at radius 2 is 1.03 bits per heavy atom. The highest BCUT2D eigenvalue weighted by molar-refractivity contribution is 5.96. The molecule has 0 bridgehead atoms. The number of ether oxygens (including phenoxy) is 2. The lowest BCUT2D eigenvalue weighted by atomic mass is 10.0. The van der Waals surface area contributed by atoms with Crippen molar-refractivity contribution in [2.24, 2.45) is 0 Å². The molecule has 0 atom stereocenters. The van der Waals surface area contributed by atoms with Crippen molar-refractivity contribution >= 4 is 33.7 Å². The summed E-state index contributed by atoms with van der Waals surface area (Å²) in [6.07, 6.45) is 0.426. The van der Waals surface area contributed by atoms with Gasteiger partial charge in [-0.25, -0.2) is 0 Å². The van der Waals surface area contributed by atoms with Gasteiger partial charge < -0.3 is 19.4 Å². The van der Waals surface area contributed by atoms with Gasteiger partial charge in [0.15, 0.2) is 10.9 Å². The normalized spacial score (nSPS) is 11.0. The Kier molecular flexibility index (Phi) is 6.62. The Morgan fingerprint density at radius 3 is 1.42 bits per heavy atom. The van der Waals surface area contributed by atoms with Gasteiger partial charge in [-0.1, -0.05) is 38.1 Å². The second-order valence-electron chi connectivity index (χ2n) is 8.69. The minimum absolute atomic E-state index is 0.213. The number of carbonyl (C=O) groups excluding carboxylic acids is 2. The zero-order valence-electron chi connectivity index (χ0n) is 20.8. The first kappa shape index (κ1) is 24.7. The predicted molar refractivity (Wildman–Crippen MR) is 145 cm³/mol. The molecule has 2 N–H and O–H groups in total. The van der Waals surface area contributed by atoms with Crippen LogP contribution < -0.4 is 20.3 Å². The zero-order valence-corrected chi connectivity index (χ0v) is 20.8. The molecule has 0 spiro atoms. The van der Waals surface area contributed by atoms with Crippen LogP contribution in [0.5, 0.6) is 11.5 Å². The first-order valence-electron chi connectivity index (χ1n) is 12.2. The number of H-pyrrole nitrogens is 2. The molecule has 0 aliphatic rings. The lowest BCUT2D eigenvalue weighted by Gasteiger charge is -2.12. The molecule has 3 aromatic carbocycles. The second-order valence-corrected chi connectivity index (χ2v) is 8.69. The minimum atomic E-state index is -0.389. The van der Waals surface area contributed by atoms with Crippen molar-refractivity contribution in [3.8, 4) is 34.0 Å². The fourth-order valence-electron chi connectivity index (χ4n) is 4.23. The van der Waals surface area contributed by atoms with E-state index in [0.717, 1.165) is 0 Å². The van der Waals surface area contributed by atoms with Crippen LogP contribution in [-0.4, -0.2) is 21.9 Å². The smallest absolute Gasteiger partial charge is 0.310 e. The van der Waals surface area contributed by atoms with E-state index in [1.54, 1.807) is 74.5 Å². The fraction of sp³-hybridized carbons (Fsp3) is 0.133. The molecule has 5 rings (SSSR count). The molecular weight excluding hydrogens is 484 g/mol. The minimum Gasteiger partial charge on any atom is -0.426 e. The average Bonchev–Trinajstić information content (AvgIpc) is 2.92. The summed E-state index contributed by atoms with van der Waals surface area (Å²) in [5.74, 6) is -0.111. The molecule has 0 unspecified atom stereocenters. The Hall–Kier alpha value is -4.98. The monoisotopic (exact) mass is 508 g/mol. The number of pyridine rings is 2. The molecule has 0 saturated carbocycles. The van der Waals surface area contributed by atoms with Gasteiger partial charge in [0, 0.05) is 46.9 Å². The quantitative estimate of drug-likeness (QED) is 0.182. The molecule has 0 aliphatic heterocycles. The summed E-state index contributed by atoms with van der Waals surface area (Å²) in [6.45, 7) is 3.40. The Bertz CT molecular complexity index is 1700. The van der Waals surface area contributed by atoms with Crippen molar-refractivity contribution in [1.82, 2.24) is 9.97 Å². The molecule has 2 aromatic heterocycles. The first-order valence-corrected chi connectivity index (χ1v) is 12.2. The largest absolute Gasteiger partial charge is 0.426 e. The van der Waals surface area contributed by atoms with Gasteiger partial charge in [0.1, 0.15) is 11.5 Å². The molecule has 8 nitrogen and oxygen atoms in total. The van der Waals surface area contributed by atoms with Crippen LogP contribution in [0.3, 0.4) is 0 Å². The number of para-hydroxylation sites is 2. The van der Waals surface area contributed by atoms with E-state index in [9.17, 15) is 19.2 Å². The maximum atomic E-state index is 13.2. The Morgan fingerprint density at radius 1 is 0.632 bits per heavy atom. The van der Waals surface area contributed by atoms with Gasteiger partial charge in [-0.15, -0.1) is 0 Å². The number of fused-ring (bicyclic) bond motifs is 2. The molecule has 0 radical (unpaired) electrons. The number of aromatic nitrogens is 2. The summed E-state index contributed by atoms with van der Waals surface area (Å²) in [4.78, 5) is 56.6. The number of carbonyl (C=O) groups is 2. The average molecular weight is 509 g/mol. The van der Waals surface area contributed by atoms with Gasteiger partial charge in [0.25, 0.3) is 0 Å². The molecule has 38 heavy (non-hydrogen) atoms. The van der Waals surface area contributed by atoms with Gasteiger partial charge in [0.2, 0.25) is 0 Å². The Labute approximate surface area is 216 Å². The van der Waals surface area contributed by atoms with E-state index >= 15 is 0 Å². The van der Waals surface area contributed by atoms with Crippen molar-refractivity contribution < 1.29 is 19.1 Å². The summed E-state index contributed by atoms with van der Waals surface area (Å²) in [5, 5.41) is 0.755. The van der Waals surface area contributed by atoms with Crippen molar-refractivity contribution in [3.05, 3.63) is 93.2 Å². The van der Waals surface area contributed by atoms with Crippen LogP contribution in [0.2, 0.25) is 0 Å². The van der Waals surface area contributed by atoms with Crippen LogP contribution in [0.1, 0.15) is 26.7 Å². The SMILES string of the molecule is CCC(=O)Oc1ccccc1-c1cc(=O)c2cc3[nH]c(-c4ccccc4OC(=O)CC)cc(=O)c3cc2[nH]1. The summed E-state index contributed by atoms with van der Waals surface area (Å²) >= 11 is 0. The van der Waals surface area contributed by atoms with Gasteiger partial charge in [-0.3, -0.25) is 19.2 Å². The van der Waals surface area contributed by atoms with E-state index in [4.69, 9.17) is 9.47 Å². The third kappa shape index (κ3) is 4.71. The second kappa shape index (κ2) is 10.2. The lowest BCUT2D eigenvalue weighted by Crippen LogP contribution is -2.09.